The molecule has 1 aromatic carbocycles. The Kier molecular flexibility index (Phi) is 4.48. The third kappa shape index (κ3) is 3.39. The van der Waals surface area contributed by atoms with E-state index in [9.17, 15) is 0 Å². The molecule has 0 bridgehead atoms. The fourth-order valence-electron chi connectivity index (χ4n) is 1.82. The van der Waals surface area contributed by atoms with E-state index in [-0.39, 0.29) is 6.10 Å². The zero-order valence-corrected chi connectivity index (χ0v) is 11.5. The Morgan fingerprint density at radius 3 is 2.78 bits per heavy atom. The zero-order valence-electron chi connectivity index (χ0n) is 11.5. The topological polar surface area (TPSA) is 30.5 Å². The van der Waals surface area contributed by atoms with Crippen LogP contribution in [-0.4, -0.2) is 19.3 Å². The highest BCUT2D eigenvalue weighted by molar-refractivity contribution is 5.46. The average Bonchev–Trinajstić information content (AvgIpc) is 3.21. The van der Waals surface area contributed by atoms with Crippen LogP contribution in [-0.2, 0) is 6.54 Å². The molecule has 3 heteroatoms. The minimum Gasteiger partial charge on any atom is -0.493 e. The minimum absolute atomic E-state index is 0.209. The van der Waals surface area contributed by atoms with Gasteiger partial charge in [-0.2, -0.15) is 0 Å². The summed E-state index contributed by atoms with van der Waals surface area (Å²) in [5.74, 6) is 1.72. The lowest BCUT2D eigenvalue weighted by Gasteiger charge is -2.19. The molecular formula is C15H23NO2. The molecule has 0 spiro atoms. The Hall–Kier alpha value is -1.22. The zero-order chi connectivity index (χ0) is 13.0. The molecule has 1 unspecified atom stereocenters. The number of ether oxygens (including phenoxy) is 2. The van der Waals surface area contributed by atoms with Crippen LogP contribution in [0.1, 0.15) is 38.7 Å². The van der Waals surface area contributed by atoms with Gasteiger partial charge in [-0.3, -0.25) is 0 Å². The molecule has 100 valence electrons. The highest BCUT2D eigenvalue weighted by Gasteiger charge is 2.21. The predicted molar refractivity (Wildman–Crippen MR) is 73.2 cm³/mol. The number of hydrogen-bond donors (Lipinski definition) is 1. The summed E-state index contributed by atoms with van der Waals surface area (Å²) in [6.45, 7) is 5.07. The molecule has 2 rings (SSSR count). The first kappa shape index (κ1) is 13.2. The smallest absolute Gasteiger partial charge is 0.166 e. The van der Waals surface area contributed by atoms with Crippen molar-refractivity contribution in [3.63, 3.8) is 0 Å². The molecule has 1 atom stereocenters. The second kappa shape index (κ2) is 6.10. The van der Waals surface area contributed by atoms with Crippen molar-refractivity contribution >= 4 is 0 Å². The number of rotatable bonds is 7. The second-order valence-corrected chi connectivity index (χ2v) is 4.94. The van der Waals surface area contributed by atoms with E-state index in [1.54, 1.807) is 7.11 Å². The molecule has 1 saturated carbocycles. The van der Waals surface area contributed by atoms with E-state index in [4.69, 9.17) is 9.47 Å². The van der Waals surface area contributed by atoms with Gasteiger partial charge < -0.3 is 14.8 Å². The number of methoxy groups -OCH3 is 1. The predicted octanol–water partition coefficient (Wildman–Crippen LogP) is 3.12. The highest BCUT2D eigenvalue weighted by Crippen LogP contribution is 2.33. The summed E-state index contributed by atoms with van der Waals surface area (Å²) in [5.41, 5.74) is 1.18. The first-order chi connectivity index (χ1) is 8.74. The van der Waals surface area contributed by atoms with Crippen molar-refractivity contribution in [2.75, 3.05) is 7.11 Å². The van der Waals surface area contributed by atoms with Gasteiger partial charge in [-0.25, -0.2) is 0 Å². The molecule has 0 radical (unpaired) electrons. The minimum atomic E-state index is 0.209. The van der Waals surface area contributed by atoms with Gasteiger partial charge in [-0.05, 0) is 32.3 Å². The Bertz CT molecular complexity index is 388. The van der Waals surface area contributed by atoms with Crippen LogP contribution in [0, 0.1) is 0 Å². The SMILES string of the molecule is CCC(C)Oc1c(CNC2CC2)cccc1OC. The second-order valence-electron chi connectivity index (χ2n) is 4.94. The number of benzene rings is 1. The van der Waals surface area contributed by atoms with Crippen molar-refractivity contribution in [2.24, 2.45) is 0 Å². The van der Waals surface area contributed by atoms with Gasteiger partial charge in [0.1, 0.15) is 0 Å². The third-order valence-electron chi connectivity index (χ3n) is 3.33. The van der Waals surface area contributed by atoms with E-state index in [1.165, 1.54) is 18.4 Å². The first-order valence-electron chi connectivity index (χ1n) is 6.80. The Morgan fingerprint density at radius 1 is 1.39 bits per heavy atom. The maximum Gasteiger partial charge on any atom is 0.166 e. The van der Waals surface area contributed by atoms with Crippen LogP contribution >= 0.6 is 0 Å². The Morgan fingerprint density at radius 2 is 2.17 bits per heavy atom. The van der Waals surface area contributed by atoms with Crippen LogP contribution in [0.25, 0.3) is 0 Å². The first-order valence-corrected chi connectivity index (χ1v) is 6.80. The monoisotopic (exact) mass is 249 g/mol. The average molecular weight is 249 g/mol. The van der Waals surface area contributed by atoms with E-state index >= 15 is 0 Å². The number of hydrogen-bond acceptors (Lipinski definition) is 3. The highest BCUT2D eigenvalue weighted by atomic mass is 16.5. The molecule has 0 heterocycles. The molecule has 3 nitrogen and oxygen atoms in total. The summed E-state index contributed by atoms with van der Waals surface area (Å²) in [7, 11) is 1.69. The number of para-hydroxylation sites is 1. The van der Waals surface area contributed by atoms with E-state index in [0.717, 1.165) is 24.5 Å². The van der Waals surface area contributed by atoms with Gasteiger partial charge in [-0.1, -0.05) is 19.1 Å². The summed E-state index contributed by atoms with van der Waals surface area (Å²) in [6.07, 6.45) is 3.80. The van der Waals surface area contributed by atoms with Crippen molar-refractivity contribution in [2.45, 2.75) is 51.8 Å². The van der Waals surface area contributed by atoms with E-state index in [1.807, 2.05) is 12.1 Å². The summed E-state index contributed by atoms with van der Waals surface area (Å²) < 4.78 is 11.4. The van der Waals surface area contributed by atoms with Crippen LogP contribution in [0.5, 0.6) is 11.5 Å². The largest absolute Gasteiger partial charge is 0.493 e. The number of nitrogens with one attached hydrogen (secondary N) is 1. The third-order valence-corrected chi connectivity index (χ3v) is 3.33. The molecule has 0 amide bonds. The molecule has 1 aromatic rings. The maximum absolute atomic E-state index is 6.00. The summed E-state index contributed by atoms with van der Waals surface area (Å²) in [5, 5.41) is 3.52. The molecule has 0 aromatic heterocycles. The van der Waals surface area contributed by atoms with Crippen molar-refractivity contribution in [1.29, 1.82) is 0 Å². The van der Waals surface area contributed by atoms with Crippen LogP contribution in [0.4, 0.5) is 0 Å². The Balaban J connectivity index is 2.13. The van der Waals surface area contributed by atoms with Crippen molar-refractivity contribution in [1.82, 2.24) is 5.32 Å². The van der Waals surface area contributed by atoms with Crippen LogP contribution in [0.3, 0.4) is 0 Å². The maximum atomic E-state index is 6.00. The molecule has 1 fully saturated rings. The molecular weight excluding hydrogens is 226 g/mol. The lowest BCUT2D eigenvalue weighted by Crippen LogP contribution is -2.18. The molecule has 18 heavy (non-hydrogen) atoms. The van der Waals surface area contributed by atoms with Crippen molar-refractivity contribution in [3.05, 3.63) is 23.8 Å². The molecule has 0 aliphatic heterocycles. The fraction of sp³-hybridized carbons (Fsp3) is 0.600. The fourth-order valence-corrected chi connectivity index (χ4v) is 1.82. The van der Waals surface area contributed by atoms with E-state index in [2.05, 4.69) is 25.2 Å². The normalized spacial score (nSPS) is 16.4. The summed E-state index contributed by atoms with van der Waals surface area (Å²) in [6, 6.07) is 6.79. The van der Waals surface area contributed by atoms with Gasteiger partial charge in [0.25, 0.3) is 0 Å². The standard InChI is InChI=1S/C15H23NO2/c1-4-11(2)18-15-12(10-16-13-8-9-13)6-5-7-14(15)17-3/h5-7,11,13,16H,4,8-10H2,1-3H3. The quantitative estimate of drug-likeness (QED) is 0.805. The van der Waals surface area contributed by atoms with Gasteiger partial charge in [0.05, 0.1) is 13.2 Å². The van der Waals surface area contributed by atoms with Crippen molar-refractivity contribution < 1.29 is 9.47 Å². The van der Waals surface area contributed by atoms with E-state index in [0.29, 0.717) is 6.04 Å². The van der Waals surface area contributed by atoms with Gasteiger partial charge in [0.15, 0.2) is 11.5 Å². The van der Waals surface area contributed by atoms with Crippen LogP contribution in [0.2, 0.25) is 0 Å². The van der Waals surface area contributed by atoms with Gasteiger partial charge in [0.2, 0.25) is 0 Å². The van der Waals surface area contributed by atoms with Crippen LogP contribution < -0.4 is 14.8 Å². The Labute approximate surface area is 109 Å². The summed E-state index contributed by atoms with van der Waals surface area (Å²) in [4.78, 5) is 0. The molecule has 1 N–H and O–H groups in total. The molecule has 0 saturated heterocycles. The lowest BCUT2D eigenvalue weighted by atomic mass is 10.1. The van der Waals surface area contributed by atoms with Gasteiger partial charge in [-0.15, -0.1) is 0 Å². The lowest BCUT2D eigenvalue weighted by molar-refractivity contribution is 0.205. The van der Waals surface area contributed by atoms with E-state index < -0.39 is 0 Å². The summed E-state index contributed by atoms with van der Waals surface area (Å²) >= 11 is 0. The van der Waals surface area contributed by atoms with Crippen molar-refractivity contribution in [3.8, 4) is 11.5 Å². The van der Waals surface area contributed by atoms with Crippen LogP contribution in [0.15, 0.2) is 18.2 Å². The molecule has 1 aliphatic carbocycles. The molecule has 1 aliphatic rings. The van der Waals surface area contributed by atoms with Gasteiger partial charge >= 0.3 is 0 Å². The van der Waals surface area contributed by atoms with Gasteiger partial charge in [0, 0.05) is 18.2 Å².